The zero-order valence-corrected chi connectivity index (χ0v) is 18.4. The third-order valence-electron chi connectivity index (χ3n) is 7.14. The van der Waals surface area contributed by atoms with E-state index in [-0.39, 0.29) is 12.0 Å². The zero-order valence-electron chi connectivity index (χ0n) is 18.4. The van der Waals surface area contributed by atoms with Gasteiger partial charge in [-0.05, 0) is 90.9 Å². The normalized spacial score (nSPS) is 37.8. The summed E-state index contributed by atoms with van der Waals surface area (Å²) >= 11 is 0. The highest BCUT2D eigenvalue weighted by Gasteiger charge is 2.42. The predicted molar refractivity (Wildman–Crippen MR) is 116 cm³/mol. The van der Waals surface area contributed by atoms with Crippen LogP contribution in [0.5, 0.6) is 0 Å². The Hall–Kier alpha value is -0.940. The minimum Gasteiger partial charge on any atom is -0.393 e. The van der Waals surface area contributed by atoms with Gasteiger partial charge in [0.25, 0.3) is 0 Å². The molecule has 0 aromatic carbocycles. The second-order valence-electron chi connectivity index (χ2n) is 10.3. The fourth-order valence-corrected chi connectivity index (χ4v) is 5.68. The Morgan fingerprint density at radius 3 is 2.38 bits per heavy atom. The van der Waals surface area contributed by atoms with Crippen molar-refractivity contribution in [2.75, 3.05) is 0 Å². The lowest BCUT2D eigenvalue weighted by atomic mass is 9.73. The lowest BCUT2D eigenvalue weighted by Gasteiger charge is -2.34. The van der Waals surface area contributed by atoms with Crippen LogP contribution in [0, 0.1) is 11.8 Å². The average molecular weight is 405 g/mol. The summed E-state index contributed by atoms with van der Waals surface area (Å²) in [6.07, 6.45) is 11.7. The van der Waals surface area contributed by atoms with E-state index in [2.05, 4.69) is 19.1 Å². The van der Waals surface area contributed by atoms with E-state index in [4.69, 9.17) is 0 Å². The van der Waals surface area contributed by atoms with Crippen LogP contribution < -0.4 is 0 Å². The quantitative estimate of drug-likeness (QED) is 0.518. The first kappa shape index (κ1) is 22.7. The van der Waals surface area contributed by atoms with Crippen molar-refractivity contribution < 1.29 is 20.4 Å². The van der Waals surface area contributed by atoms with E-state index in [9.17, 15) is 20.4 Å². The number of allylic oxidation sites excluding steroid dienone is 4. The van der Waals surface area contributed by atoms with Crippen molar-refractivity contribution in [1.82, 2.24) is 0 Å². The predicted octanol–water partition coefficient (Wildman–Crippen LogP) is 4.18. The van der Waals surface area contributed by atoms with E-state index in [0.717, 1.165) is 50.5 Å². The number of rotatable bonds is 5. The van der Waals surface area contributed by atoms with Crippen molar-refractivity contribution in [2.24, 2.45) is 11.8 Å². The molecule has 0 radical (unpaired) electrons. The summed E-state index contributed by atoms with van der Waals surface area (Å²) in [6, 6.07) is 0. The molecular weight excluding hydrogens is 364 g/mol. The van der Waals surface area contributed by atoms with Crippen LogP contribution in [-0.2, 0) is 0 Å². The highest BCUT2D eigenvalue weighted by molar-refractivity contribution is 5.32. The monoisotopic (exact) mass is 404 g/mol. The summed E-state index contributed by atoms with van der Waals surface area (Å²) in [5.74, 6) is 0.645. The van der Waals surface area contributed by atoms with Crippen LogP contribution in [0.1, 0.15) is 85.0 Å². The van der Waals surface area contributed by atoms with Gasteiger partial charge < -0.3 is 20.4 Å². The number of hydrogen-bond donors (Lipinski definition) is 4. The largest absolute Gasteiger partial charge is 0.393 e. The van der Waals surface area contributed by atoms with Crippen LogP contribution in [0.3, 0.4) is 0 Å². The van der Waals surface area contributed by atoms with Gasteiger partial charge in [0.05, 0.1) is 23.9 Å². The molecule has 0 saturated heterocycles. The van der Waals surface area contributed by atoms with Crippen molar-refractivity contribution in [3.8, 4) is 0 Å². The molecule has 4 nitrogen and oxygen atoms in total. The van der Waals surface area contributed by atoms with Crippen LogP contribution in [0.25, 0.3) is 0 Å². The number of aliphatic hydroxyl groups is 4. The van der Waals surface area contributed by atoms with E-state index < -0.39 is 17.8 Å². The average Bonchev–Trinajstić information content (AvgIpc) is 3.05. The van der Waals surface area contributed by atoms with Crippen LogP contribution >= 0.6 is 0 Å². The third-order valence-corrected chi connectivity index (χ3v) is 7.14. The van der Waals surface area contributed by atoms with Crippen LogP contribution in [0.2, 0.25) is 0 Å². The molecule has 2 unspecified atom stereocenters. The lowest BCUT2D eigenvalue weighted by Crippen LogP contribution is -2.31. The molecule has 29 heavy (non-hydrogen) atoms. The summed E-state index contributed by atoms with van der Waals surface area (Å²) in [7, 11) is 0. The van der Waals surface area contributed by atoms with Gasteiger partial charge >= 0.3 is 0 Å². The second-order valence-corrected chi connectivity index (χ2v) is 10.3. The summed E-state index contributed by atoms with van der Waals surface area (Å²) in [4.78, 5) is 0. The standard InChI is InChI=1S/C25H40O4/c1-16(5-4-12-25(2,3)29)21-9-10-22-18(8-11-23(28)24(21)22)7-6-17-13-19(26)15-20(27)14-17/h6-7,19-20,22-24,26-29H,4-5,8-15H2,1-3H3/b17-6?,18-7+,21-16+/t19-,20?,22+,23+,24?/m1/s1. The Morgan fingerprint density at radius 2 is 1.72 bits per heavy atom. The summed E-state index contributed by atoms with van der Waals surface area (Å²) in [6.45, 7) is 5.93. The Kier molecular flexibility index (Phi) is 7.42. The van der Waals surface area contributed by atoms with E-state index in [1.54, 1.807) is 0 Å². The molecule has 5 atom stereocenters. The summed E-state index contributed by atoms with van der Waals surface area (Å²) in [5.41, 5.74) is 4.78. The van der Waals surface area contributed by atoms with Gasteiger partial charge in [-0.15, -0.1) is 0 Å². The first-order valence-corrected chi connectivity index (χ1v) is 11.5. The second kappa shape index (κ2) is 9.47. The fraction of sp³-hybridized carbons (Fsp3) is 0.760. The molecule has 0 aromatic rings. The minimum absolute atomic E-state index is 0.234. The Morgan fingerprint density at radius 1 is 1.03 bits per heavy atom. The maximum Gasteiger partial charge on any atom is 0.0614 e. The molecule has 0 aliphatic heterocycles. The maximum absolute atomic E-state index is 10.8. The van der Waals surface area contributed by atoms with Crippen molar-refractivity contribution in [3.63, 3.8) is 0 Å². The molecule has 0 bridgehead atoms. The van der Waals surface area contributed by atoms with Crippen molar-refractivity contribution >= 4 is 0 Å². The zero-order chi connectivity index (χ0) is 21.2. The van der Waals surface area contributed by atoms with Gasteiger partial charge in [0.2, 0.25) is 0 Å². The van der Waals surface area contributed by atoms with Gasteiger partial charge in [0.15, 0.2) is 0 Å². The van der Waals surface area contributed by atoms with E-state index in [1.165, 1.54) is 16.7 Å². The van der Waals surface area contributed by atoms with E-state index in [0.29, 0.717) is 25.2 Å². The molecule has 3 saturated carbocycles. The molecule has 3 rings (SSSR count). The molecule has 4 heteroatoms. The molecule has 0 spiro atoms. The van der Waals surface area contributed by atoms with Crippen molar-refractivity contribution in [2.45, 2.75) is 109 Å². The van der Waals surface area contributed by atoms with Crippen LogP contribution in [-0.4, -0.2) is 44.3 Å². The number of hydrogen-bond acceptors (Lipinski definition) is 4. The topological polar surface area (TPSA) is 80.9 Å². The molecule has 0 amide bonds. The van der Waals surface area contributed by atoms with E-state index in [1.807, 2.05) is 13.8 Å². The van der Waals surface area contributed by atoms with Gasteiger partial charge in [-0.2, -0.15) is 0 Å². The number of aliphatic hydroxyl groups excluding tert-OH is 3. The van der Waals surface area contributed by atoms with Crippen LogP contribution in [0.4, 0.5) is 0 Å². The minimum atomic E-state index is -0.614. The molecule has 3 aliphatic carbocycles. The lowest BCUT2D eigenvalue weighted by molar-refractivity contribution is 0.0609. The third kappa shape index (κ3) is 6.04. The first-order chi connectivity index (χ1) is 13.6. The molecule has 3 aliphatic rings. The van der Waals surface area contributed by atoms with Gasteiger partial charge in [-0.1, -0.05) is 34.4 Å². The highest BCUT2D eigenvalue weighted by Crippen LogP contribution is 2.49. The summed E-state index contributed by atoms with van der Waals surface area (Å²) in [5, 5.41) is 40.6. The van der Waals surface area contributed by atoms with Crippen LogP contribution in [0.15, 0.2) is 34.4 Å². The molecule has 0 heterocycles. The van der Waals surface area contributed by atoms with Gasteiger partial charge in [0, 0.05) is 5.92 Å². The van der Waals surface area contributed by atoms with Crippen molar-refractivity contribution in [3.05, 3.63) is 34.4 Å². The van der Waals surface area contributed by atoms with E-state index >= 15 is 0 Å². The summed E-state index contributed by atoms with van der Waals surface area (Å²) < 4.78 is 0. The maximum atomic E-state index is 10.8. The van der Waals surface area contributed by atoms with Crippen molar-refractivity contribution in [1.29, 1.82) is 0 Å². The van der Waals surface area contributed by atoms with Gasteiger partial charge in [-0.3, -0.25) is 0 Å². The van der Waals surface area contributed by atoms with Gasteiger partial charge in [-0.25, -0.2) is 0 Å². The van der Waals surface area contributed by atoms with Gasteiger partial charge in [0.1, 0.15) is 0 Å². The SMILES string of the molecule is C/C(CCCC(C)(C)O)=C1/CC[C@H]2/C(=C/C=C3CC(O)C[C@H](O)C3)CC[C@H](O)C12. The molecule has 4 N–H and O–H groups in total. The molecular formula is C25H40O4. The smallest absolute Gasteiger partial charge is 0.0614 e. The molecule has 3 fully saturated rings. The Labute approximate surface area is 176 Å². The highest BCUT2D eigenvalue weighted by atomic mass is 16.3. The Balaban J connectivity index is 1.71. The fourth-order valence-electron chi connectivity index (χ4n) is 5.68. The molecule has 164 valence electrons. The molecule has 0 aromatic heterocycles. The first-order valence-electron chi connectivity index (χ1n) is 11.5. The Bertz CT molecular complexity index is 655. The number of fused-ring (bicyclic) bond motifs is 1.